The SMILES string of the molecule is C#CCON1C(=C)C=CC(C)=C1c1ccccc1. The first-order valence-electron chi connectivity index (χ1n) is 5.74. The molecule has 2 heteroatoms. The molecule has 90 valence electrons. The van der Waals surface area contributed by atoms with Gasteiger partial charge in [-0.3, -0.25) is 4.84 Å². The molecule has 1 heterocycles. The zero-order chi connectivity index (χ0) is 13.0. The van der Waals surface area contributed by atoms with E-state index >= 15 is 0 Å². The van der Waals surface area contributed by atoms with Crippen LogP contribution >= 0.6 is 0 Å². The molecule has 0 aliphatic carbocycles. The average Bonchev–Trinajstić information content (AvgIpc) is 2.40. The minimum absolute atomic E-state index is 0.219. The lowest BCUT2D eigenvalue weighted by Crippen LogP contribution is -2.24. The van der Waals surface area contributed by atoms with Crippen molar-refractivity contribution in [2.24, 2.45) is 0 Å². The van der Waals surface area contributed by atoms with Crippen molar-refractivity contribution in [2.75, 3.05) is 6.61 Å². The van der Waals surface area contributed by atoms with Crippen LogP contribution in [0.3, 0.4) is 0 Å². The molecule has 0 saturated carbocycles. The first-order valence-corrected chi connectivity index (χ1v) is 5.74. The van der Waals surface area contributed by atoms with Gasteiger partial charge < -0.3 is 0 Å². The van der Waals surface area contributed by atoms with Crippen molar-refractivity contribution < 1.29 is 4.84 Å². The molecular formula is C16H15NO. The molecule has 0 spiro atoms. The number of benzene rings is 1. The molecule has 2 rings (SSSR count). The molecule has 1 aromatic carbocycles. The van der Waals surface area contributed by atoms with E-state index in [0.29, 0.717) is 0 Å². The Balaban J connectivity index is 2.41. The predicted molar refractivity (Wildman–Crippen MR) is 73.9 cm³/mol. The van der Waals surface area contributed by atoms with E-state index < -0.39 is 0 Å². The molecule has 0 radical (unpaired) electrons. The van der Waals surface area contributed by atoms with Crippen molar-refractivity contribution in [1.29, 1.82) is 0 Å². The Hall–Kier alpha value is -2.24. The second kappa shape index (κ2) is 5.39. The molecule has 1 aliphatic rings. The molecule has 0 unspecified atom stereocenters. The molecule has 0 fully saturated rings. The highest BCUT2D eigenvalue weighted by Gasteiger charge is 2.19. The first-order chi connectivity index (χ1) is 8.74. The van der Waals surface area contributed by atoms with Gasteiger partial charge >= 0.3 is 0 Å². The zero-order valence-electron chi connectivity index (χ0n) is 10.4. The van der Waals surface area contributed by atoms with Crippen molar-refractivity contribution >= 4 is 5.70 Å². The minimum Gasteiger partial charge on any atom is -0.256 e. The number of hydrogen-bond donors (Lipinski definition) is 0. The van der Waals surface area contributed by atoms with Gasteiger partial charge in [-0.2, -0.15) is 0 Å². The van der Waals surface area contributed by atoms with Crippen molar-refractivity contribution in [1.82, 2.24) is 5.06 Å². The lowest BCUT2D eigenvalue weighted by Gasteiger charge is -2.30. The van der Waals surface area contributed by atoms with E-state index in [1.807, 2.05) is 49.4 Å². The molecule has 1 aliphatic heterocycles. The summed E-state index contributed by atoms with van der Waals surface area (Å²) in [6.07, 6.45) is 9.19. The summed E-state index contributed by atoms with van der Waals surface area (Å²) in [6, 6.07) is 10.1. The summed E-state index contributed by atoms with van der Waals surface area (Å²) in [5.41, 5.74) is 3.95. The van der Waals surface area contributed by atoms with Gasteiger partial charge in [0.2, 0.25) is 0 Å². The van der Waals surface area contributed by atoms with Gasteiger partial charge in [-0.25, -0.2) is 5.06 Å². The molecule has 0 amide bonds. The van der Waals surface area contributed by atoms with Crippen molar-refractivity contribution in [3.8, 4) is 12.3 Å². The molecule has 0 N–H and O–H groups in total. The number of hydroxylamine groups is 2. The first kappa shape index (κ1) is 12.2. The fraction of sp³-hybridized carbons (Fsp3) is 0.125. The smallest absolute Gasteiger partial charge is 0.136 e. The Morgan fingerprint density at radius 1 is 1.28 bits per heavy atom. The molecule has 1 aromatic rings. The lowest BCUT2D eigenvalue weighted by atomic mass is 10.0. The number of nitrogens with zero attached hydrogens (tertiary/aromatic N) is 1. The molecule has 0 atom stereocenters. The van der Waals surface area contributed by atoms with E-state index in [0.717, 1.165) is 22.5 Å². The molecular weight excluding hydrogens is 222 g/mol. The Kier molecular flexibility index (Phi) is 3.66. The van der Waals surface area contributed by atoms with Crippen LogP contribution in [0.25, 0.3) is 5.70 Å². The van der Waals surface area contributed by atoms with Gasteiger partial charge in [-0.05, 0) is 18.6 Å². The van der Waals surface area contributed by atoms with Crippen molar-refractivity contribution in [3.05, 3.63) is 65.9 Å². The highest BCUT2D eigenvalue weighted by atomic mass is 16.7. The topological polar surface area (TPSA) is 12.5 Å². The Morgan fingerprint density at radius 3 is 2.67 bits per heavy atom. The van der Waals surface area contributed by atoms with E-state index in [2.05, 4.69) is 12.5 Å². The lowest BCUT2D eigenvalue weighted by molar-refractivity contribution is -0.0614. The van der Waals surface area contributed by atoms with Crippen LogP contribution in [0.1, 0.15) is 12.5 Å². The van der Waals surface area contributed by atoms with Gasteiger partial charge in [0.15, 0.2) is 0 Å². The third kappa shape index (κ3) is 2.37. The minimum atomic E-state index is 0.219. The van der Waals surface area contributed by atoms with Crippen LogP contribution in [0, 0.1) is 12.3 Å². The maximum Gasteiger partial charge on any atom is 0.136 e. The predicted octanol–water partition coefficient (Wildman–Crippen LogP) is 3.37. The van der Waals surface area contributed by atoms with Gasteiger partial charge in [0.1, 0.15) is 6.61 Å². The van der Waals surface area contributed by atoms with E-state index in [1.165, 1.54) is 0 Å². The molecule has 0 aromatic heterocycles. The number of hydrogen-bond acceptors (Lipinski definition) is 2. The van der Waals surface area contributed by atoms with Crippen LogP contribution < -0.4 is 0 Å². The second-order valence-electron chi connectivity index (χ2n) is 3.99. The van der Waals surface area contributed by atoms with Gasteiger partial charge in [0, 0.05) is 5.56 Å². The molecule has 0 saturated heterocycles. The molecule has 18 heavy (non-hydrogen) atoms. The summed E-state index contributed by atoms with van der Waals surface area (Å²) in [6.45, 7) is 6.23. The van der Waals surface area contributed by atoms with Crippen molar-refractivity contribution in [3.63, 3.8) is 0 Å². The fourth-order valence-electron chi connectivity index (χ4n) is 1.86. The van der Waals surface area contributed by atoms with Gasteiger partial charge in [0.25, 0.3) is 0 Å². The average molecular weight is 237 g/mol. The number of allylic oxidation sites excluding steroid dienone is 3. The maximum absolute atomic E-state index is 5.57. The quantitative estimate of drug-likeness (QED) is 0.747. The highest BCUT2D eigenvalue weighted by molar-refractivity contribution is 5.72. The standard InChI is InChI=1S/C16H15NO/c1-4-12-18-17-14(3)11-10-13(2)16(17)15-8-6-5-7-9-15/h1,5-11H,3,12H2,2H3. The van der Waals surface area contributed by atoms with E-state index in [-0.39, 0.29) is 6.61 Å². The van der Waals surface area contributed by atoms with Gasteiger partial charge in [0.05, 0.1) is 11.4 Å². The Bertz CT molecular complexity index is 546. The van der Waals surface area contributed by atoms with E-state index in [4.69, 9.17) is 11.3 Å². The summed E-state index contributed by atoms with van der Waals surface area (Å²) in [5.74, 6) is 2.47. The monoisotopic (exact) mass is 237 g/mol. The van der Waals surface area contributed by atoms with Gasteiger partial charge in [-0.15, -0.1) is 6.42 Å². The summed E-state index contributed by atoms with van der Waals surface area (Å²) >= 11 is 0. The van der Waals surface area contributed by atoms with Crippen LogP contribution in [0.2, 0.25) is 0 Å². The maximum atomic E-state index is 5.57. The van der Waals surface area contributed by atoms with Crippen LogP contribution in [0.15, 0.2) is 60.3 Å². The highest BCUT2D eigenvalue weighted by Crippen LogP contribution is 2.31. The number of terminal acetylenes is 1. The molecule has 2 nitrogen and oxygen atoms in total. The van der Waals surface area contributed by atoms with Crippen LogP contribution in [-0.2, 0) is 4.84 Å². The second-order valence-corrected chi connectivity index (χ2v) is 3.99. The Morgan fingerprint density at radius 2 is 2.00 bits per heavy atom. The van der Waals surface area contributed by atoms with Crippen LogP contribution in [-0.4, -0.2) is 11.7 Å². The molecule has 0 bridgehead atoms. The summed E-state index contributed by atoms with van der Waals surface area (Å²) in [4.78, 5) is 5.57. The van der Waals surface area contributed by atoms with Crippen LogP contribution in [0.4, 0.5) is 0 Å². The van der Waals surface area contributed by atoms with Crippen molar-refractivity contribution in [2.45, 2.75) is 6.92 Å². The van der Waals surface area contributed by atoms with E-state index in [1.54, 1.807) is 5.06 Å². The summed E-state index contributed by atoms with van der Waals surface area (Å²) < 4.78 is 0. The third-order valence-corrected chi connectivity index (χ3v) is 2.69. The normalized spacial score (nSPS) is 14.9. The fourth-order valence-corrected chi connectivity index (χ4v) is 1.86. The zero-order valence-corrected chi connectivity index (χ0v) is 10.4. The summed E-state index contributed by atoms with van der Waals surface area (Å²) in [5, 5.41) is 1.70. The summed E-state index contributed by atoms with van der Waals surface area (Å²) in [7, 11) is 0. The third-order valence-electron chi connectivity index (χ3n) is 2.69. The largest absolute Gasteiger partial charge is 0.256 e. The van der Waals surface area contributed by atoms with Gasteiger partial charge in [-0.1, -0.05) is 48.9 Å². The Labute approximate surface area is 108 Å². The number of rotatable bonds is 3. The van der Waals surface area contributed by atoms with E-state index in [9.17, 15) is 0 Å². The van der Waals surface area contributed by atoms with Crippen LogP contribution in [0.5, 0.6) is 0 Å².